The Kier molecular flexibility index (Phi) is 18.1. The molecule has 0 spiro atoms. The molecule has 2 atom stereocenters. The molecular formula is C61H66O2. The predicted molar refractivity (Wildman–Crippen MR) is 273 cm³/mol. The van der Waals surface area contributed by atoms with Gasteiger partial charge >= 0.3 is 0 Å². The van der Waals surface area contributed by atoms with Gasteiger partial charge in [0.25, 0.3) is 0 Å². The summed E-state index contributed by atoms with van der Waals surface area (Å²) in [6.45, 7) is 21.4. The van der Waals surface area contributed by atoms with Crippen LogP contribution in [0.5, 0.6) is 5.75 Å². The molecule has 0 aliphatic rings. The fourth-order valence-corrected chi connectivity index (χ4v) is 7.47. The van der Waals surface area contributed by atoms with E-state index in [1.165, 1.54) is 55.7 Å². The average Bonchev–Trinajstić information content (AvgIpc) is 3.63. The fraction of sp³-hybridized carbons (Fsp3) is 0.213. The minimum absolute atomic E-state index is 0.109. The van der Waals surface area contributed by atoms with Crippen LogP contribution in [0.1, 0.15) is 80.2 Å². The van der Waals surface area contributed by atoms with Crippen LogP contribution in [-0.4, -0.2) is 6.10 Å². The first-order valence-electron chi connectivity index (χ1n) is 22.3. The first-order chi connectivity index (χ1) is 30.5. The van der Waals surface area contributed by atoms with Crippen molar-refractivity contribution in [2.45, 2.75) is 81.8 Å². The van der Waals surface area contributed by atoms with Gasteiger partial charge in [0.15, 0.2) is 0 Å². The smallest absolute Gasteiger partial charge is 0.134 e. The summed E-state index contributed by atoms with van der Waals surface area (Å²) in [6, 6.07) is 54.4. The minimum Gasteiger partial charge on any atom is -0.490 e. The van der Waals surface area contributed by atoms with Gasteiger partial charge in [-0.1, -0.05) is 182 Å². The van der Waals surface area contributed by atoms with Gasteiger partial charge < -0.3 is 9.15 Å². The minimum atomic E-state index is 0.109. The SMILES string of the molecule is C\C=C/C(=C\C(=C\C(\C=C(\C)CC(C)C(C)Oc1ccccc1)=C\C)c1ccccc1)c1ccc(-c2c(C)oc3ccccc23)c(C)c1.Cc1ccccc1.Cc1ccccc1C. The molecule has 0 aliphatic heterocycles. The van der Waals surface area contributed by atoms with Crippen molar-refractivity contribution >= 4 is 22.1 Å². The second-order valence-corrected chi connectivity index (χ2v) is 16.5. The number of fused-ring (bicyclic) bond motifs is 1. The van der Waals surface area contributed by atoms with Crippen LogP contribution >= 0.6 is 0 Å². The van der Waals surface area contributed by atoms with Crippen molar-refractivity contribution in [1.82, 2.24) is 0 Å². The topological polar surface area (TPSA) is 22.4 Å². The number of furan rings is 1. The van der Waals surface area contributed by atoms with E-state index in [9.17, 15) is 0 Å². The molecule has 1 aromatic heterocycles. The molecule has 0 fully saturated rings. The maximum absolute atomic E-state index is 6.23. The number of rotatable bonds is 12. The van der Waals surface area contributed by atoms with Gasteiger partial charge in [-0.3, -0.25) is 0 Å². The predicted octanol–water partition coefficient (Wildman–Crippen LogP) is 17.4. The molecule has 0 aliphatic carbocycles. The van der Waals surface area contributed by atoms with Gasteiger partial charge in [0.2, 0.25) is 0 Å². The zero-order valence-electron chi connectivity index (χ0n) is 39.2. The lowest BCUT2D eigenvalue weighted by atomic mass is 9.92. The molecule has 322 valence electrons. The maximum atomic E-state index is 6.23. The molecule has 1 heterocycles. The van der Waals surface area contributed by atoms with Crippen molar-refractivity contribution in [3.05, 3.63) is 244 Å². The van der Waals surface area contributed by atoms with Gasteiger partial charge in [0, 0.05) is 10.9 Å². The lowest BCUT2D eigenvalue weighted by Crippen LogP contribution is -2.21. The van der Waals surface area contributed by atoms with Crippen LogP contribution < -0.4 is 4.74 Å². The van der Waals surface area contributed by atoms with Crippen LogP contribution in [0.2, 0.25) is 0 Å². The first kappa shape index (κ1) is 47.4. The average molecular weight is 831 g/mol. The molecule has 2 unspecified atom stereocenters. The van der Waals surface area contributed by atoms with Crippen molar-refractivity contribution in [3.63, 3.8) is 0 Å². The van der Waals surface area contributed by atoms with Crippen molar-refractivity contribution in [2.24, 2.45) is 5.92 Å². The normalized spacial score (nSPS) is 13.2. The zero-order chi connectivity index (χ0) is 45.1. The number of hydrogen-bond acceptors (Lipinski definition) is 2. The molecule has 0 radical (unpaired) electrons. The number of aryl methyl sites for hydroxylation is 5. The summed E-state index contributed by atoms with van der Waals surface area (Å²) in [6.07, 6.45) is 14.5. The molecule has 0 amide bonds. The highest BCUT2D eigenvalue weighted by atomic mass is 16.5. The molecule has 63 heavy (non-hydrogen) atoms. The Morgan fingerprint density at radius 1 is 0.587 bits per heavy atom. The van der Waals surface area contributed by atoms with Crippen molar-refractivity contribution < 1.29 is 9.15 Å². The quantitative estimate of drug-likeness (QED) is 0.114. The molecule has 6 aromatic carbocycles. The number of benzene rings is 6. The van der Waals surface area contributed by atoms with Gasteiger partial charge in [-0.05, 0) is 155 Å². The number of allylic oxidation sites excluding steroid dienone is 10. The van der Waals surface area contributed by atoms with Crippen molar-refractivity contribution in [2.75, 3.05) is 0 Å². The molecule has 7 rings (SSSR count). The second-order valence-electron chi connectivity index (χ2n) is 16.5. The third-order valence-corrected chi connectivity index (χ3v) is 11.3. The number of ether oxygens (including phenoxy) is 1. The van der Waals surface area contributed by atoms with E-state index in [2.05, 4.69) is 203 Å². The van der Waals surface area contributed by atoms with E-state index < -0.39 is 0 Å². The third kappa shape index (κ3) is 14.2. The third-order valence-electron chi connectivity index (χ3n) is 11.3. The van der Waals surface area contributed by atoms with Gasteiger partial charge in [0.05, 0.1) is 6.10 Å². The second kappa shape index (κ2) is 24.1. The van der Waals surface area contributed by atoms with E-state index in [1.807, 2.05) is 60.7 Å². The fourth-order valence-electron chi connectivity index (χ4n) is 7.47. The Balaban J connectivity index is 0.000000417. The summed E-state index contributed by atoms with van der Waals surface area (Å²) in [5.41, 5.74) is 15.8. The van der Waals surface area contributed by atoms with Crippen LogP contribution in [-0.2, 0) is 0 Å². The standard InChI is InChI=1S/C46H48O2.C8H10.C7H8/c1-8-18-39(40-25-26-43(34(5)29-40)46-36(7)48-45-24-17-16-23-44(45)46)31-41(38-19-12-10-13-20-38)30-37(9-2)28-32(3)27-33(4)35(6)47-42-21-14-11-15-22-42;1-7-5-3-4-6-8(7)2;1-7-5-3-2-4-6-7/h8-26,28-31,33,35H,27H2,1-7H3;3-6H,1-2H3;2-6H,1H3/b18-8-,32-28-,37-9+,39-31+,41-30-;;. The van der Waals surface area contributed by atoms with E-state index in [4.69, 9.17) is 9.15 Å². The van der Waals surface area contributed by atoms with Crippen LogP contribution in [0, 0.1) is 40.5 Å². The van der Waals surface area contributed by atoms with Crippen molar-refractivity contribution in [1.29, 1.82) is 0 Å². The highest BCUT2D eigenvalue weighted by Gasteiger charge is 2.16. The summed E-state index contributed by atoms with van der Waals surface area (Å²) < 4.78 is 12.3. The molecule has 0 saturated carbocycles. The first-order valence-corrected chi connectivity index (χ1v) is 22.3. The Hall–Kier alpha value is -6.64. The summed E-state index contributed by atoms with van der Waals surface area (Å²) >= 11 is 0. The van der Waals surface area contributed by atoms with Gasteiger partial charge in [-0.25, -0.2) is 0 Å². The highest BCUT2D eigenvalue weighted by molar-refractivity contribution is 5.97. The van der Waals surface area contributed by atoms with E-state index >= 15 is 0 Å². The Morgan fingerprint density at radius 2 is 1.17 bits per heavy atom. The maximum Gasteiger partial charge on any atom is 0.134 e. The summed E-state index contributed by atoms with van der Waals surface area (Å²) in [7, 11) is 0. The van der Waals surface area contributed by atoms with E-state index in [0.717, 1.165) is 40.0 Å². The van der Waals surface area contributed by atoms with Crippen LogP contribution in [0.25, 0.3) is 33.2 Å². The van der Waals surface area contributed by atoms with E-state index in [-0.39, 0.29) is 6.10 Å². The molecule has 2 nitrogen and oxygen atoms in total. The Morgan fingerprint density at radius 3 is 1.75 bits per heavy atom. The highest BCUT2D eigenvalue weighted by Crippen LogP contribution is 2.37. The molecule has 0 bridgehead atoms. The molecular weight excluding hydrogens is 765 g/mol. The van der Waals surface area contributed by atoms with E-state index in [1.54, 1.807) is 0 Å². The summed E-state index contributed by atoms with van der Waals surface area (Å²) in [4.78, 5) is 0. The Bertz CT molecular complexity index is 2630. The number of hydrogen-bond donors (Lipinski definition) is 0. The van der Waals surface area contributed by atoms with Crippen molar-refractivity contribution in [3.8, 4) is 16.9 Å². The molecule has 2 heteroatoms. The van der Waals surface area contributed by atoms with Gasteiger partial charge in [0.1, 0.15) is 17.1 Å². The lowest BCUT2D eigenvalue weighted by molar-refractivity contribution is 0.160. The van der Waals surface area contributed by atoms with Crippen LogP contribution in [0.3, 0.4) is 0 Å². The van der Waals surface area contributed by atoms with Gasteiger partial charge in [-0.2, -0.15) is 0 Å². The molecule has 0 saturated heterocycles. The Labute approximate surface area is 378 Å². The monoisotopic (exact) mass is 831 g/mol. The van der Waals surface area contributed by atoms with E-state index in [0.29, 0.717) is 5.92 Å². The summed E-state index contributed by atoms with van der Waals surface area (Å²) in [5.74, 6) is 2.23. The van der Waals surface area contributed by atoms with Gasteiger partial charge in [-0.15, -0.1) is 0 Å². The van der Waals surface area contributed by atoms with Crippen LogP contribution in [0.15, 0.2) is 210 Å². The largest absolute Gasteiger partial charge is 0.490 e. The summed E-state index contributed by atoms with van der Waals surface area (Å²) in [5, 5.41) is 1.15. The lowest BCUT2D eigenvalue weighted by Gasteiger charge is -2.22. The zero-order valence-corrected chi connectivity index (χ0v) is 39.2. The molecule has 0 N–H and O–H groups in total. The number of para-hydroxylation sites is 2. The van der Waals surface area contributed by atoms with Crippen LogP contribution in [0.4, 0.5) is 0 Å². The molecule has 7 aromatic rings.